The summed E-state index contributed by atoms with van der Waals surface area (Å²) in [6, 6.07) is 3.67. The number of carbonyl (C=O) groups excluding carboxylic acids is 2. The molecule has 0 saturated carbocycles. The third kappa shape index (κ3) is 3.08. The van der Waals surface area contributed by atoms with Crippen molar-refractivity contribution in [3.63, 3.8) is 0 Å². The number of hydrogen-bond acceptors (Lipinski definition) is 6. The van der Waals surface area contributed by atoms with Gasteiger partial charge in [-0.2, -0.15) is 0 Å². The molecular weight excluding hydrogens is 346 g/mol. The molecule has 1 unspecified atom stereocenters. The minimum atomic E-state index is -0.160. The Morgan fingerprint density at radius 2 is 2.11 bits per heavy atom. The molecule has 8 nitrogen and oxygen atoms in total. The molecule has 2 aromatic rings. The van der Waals surface area contributed by atoms with E-state index < -0.39 is 0 Å². The highest BCUT2D eigenvalue weighted by atomic mass is 16.4. The normalized spacial score (nSPS) is 27.9. The van der Waals surface area contributed by atoms with Crippen molar-refractivity contribution >= 4 is 28.7 Å². The van der Waals surface area contributed by atoms with E-state index in [4.69, 9.17) is 4.42 Å². The fraction of sp³-hybridized carbons (Fsp3) is 0.526. The molecule has 8 heteroatoms. The van der Waals surface area contributed by atoms with Gasteiger partial charge in [0.2, 0.25) is 11.8 Å². The maximum atomic E-state index is 12.7. The molecule has 27 heavy (non-hydrogen) atoms. The number of rotatable bonds is 3. The Hall–Kier alpha value is -2.45. The van der Waals surface area contributed by atoms with Crippen LogP contribution in [0, 0.1) is 5.92 Å². The first-order valence-corrected chi connectivity index (χ1v) is 9.61. The second kappa shape index (κ2) is 6.61. The SMILES string of the molecule is O=C(NC1CN2CCC1CC2)c1cc2oc(N3CCNCC3=O)cc2cn1. The minimum Gasteiger partial charge on any atom is -0.440 e. The predicted molar refractivity (Wildman–Crippen MR) is 99.6 cm³/mol. The van der Waals surface area contributed by atoms with Crippen LogP contribution in [-0.2, 0) is 4.79 Å². The van der Waals surface area contributed by atoms with Crippen molar-refractivity contribution in [2.75, 3.05) is 44.2 Å². The molecule has 6 heterocycles. The van der Waals surface area contributed by atoms with E-state index in [2.05, 4.69) is 20.5 Å². The van der Waals surface area contributed by atoms with Crippen molar-refractivity contribution in [3.8, 4) is 0 Å². The van der Waals surface area contributed by atoms with Gasteiger partial charge in [0.15, 0.2) is 0 Å². The highest BCUT2D eigenvalue weighted by Gasteiger charge is 2.35. The number of nitrogens with zero attached hydrogens (tertiary/aromatic N) is 3. The zero-order valence-electron chi connectivity index (χ0n) is 15.1. The Balaban J connectivity index is 1.34. The molecule has 2 N–H and O–H groups in total. The maximum Gasteiger partial charge on any atom is 0.270 e. The molecule has 0 spiro atoms. The molecule has 4 aliphatic heterocycles. The first-order chi connectivity index (χ1) is 13.2. The molecule has 6 rings (SSSR count). The molecule has 4 aliphatic rings. The molecule has 2 bridgehead atoms. The van der Waals surface area contributed by atoms with Crippen LogP contribution in [0.4, 0.5) is 5.88 Å². The lowest BCUT2D eigenvalue weighted by Gasteiger charge is -2.44. The Morgan fingerprint density at radius 3 is 2.85 bits per heavy atom. The third-order valence-electron chi connectivity index (χ3n) is 5.95. The average molecular weight is 369 g/mol. The Morgan fingerprint density at radius 1 is 1.26 bits per heavy atom. The van der Waals surface area contributed by atoms with Crippen LogP contribution in [0.5, 0.6) is 0 Å². The summed E-state index contributed by atoms with van der Waals surface area (Å²) in [5.74, 6) is 0.894. The van der Waals surface area contributed by atoms with Crippen molar-refractivity contribution in [2.45, 2.75) is 18.9 Å². The minimum absolute atomic E-state index is 0.0198. The number of fused-ring (bicyclic) bond motifs is 4. The fourth-order valence-electron chi connectivity index (χ4n) is 4.39. The van der Waals surface area contributed by atoms with Gasteiger partial charge in [-0.1, -0.05) is 0 Å². The summed E-state index contributed by atoms with van der Waals surface area (Å²) in [6.45, 7) is 4.81. The van der Waals surface area contributed by atoms with Gasteiger partial charge in [0, 0.05) is 49.4 Å². The van der Waals surface area contributed by atoms with E-state index in [-0.39, 0.29) is 17.9 Å². The molecule has 1 atom stereocenters. The lowest BCUT2D eigenvalue weighted by atomic mass is 9.84. The number of piperazine rings is 1. The van der Waals surface area contributed by atoms with Crippen LogP contribution < -0.4 is 15.5 Å². The zero-order chi connectivity index (χ0) is 18.4. The van der Waals surface area contributed by atoms with Crippen LogP contribution in [0.25, 0.3) is 11.0 Å². The Labute approximate surface area is 156 Å². The van der Waals surface area contributed by atoms with E-state index in [9.17, 15) is 9.59 Å². The number of carbonyl (C=O) groups is 2. The van der Waals surface area contributed by atoms with Crippen LogP contribution in [0.15, 0.2) is 22.7 Å². The van der Waals surface area contributed by atoms with E-state index in [0.717, 1.165) is 44.4 Å². The Bertz CT molecular complexity index is 887. The molecule has 0 aliphatic carbocycles. The van der Waals surface area contributed by atoms with Crippen molar-refractivity contribution in [1.29, 1.82) is 0 Å². The fourth-order valence-corrected chi connectivity index (χ4v) is 4.39. The van der Waals surface area contributed by atoms with Gasteiger partial charge >= 0.3 is 0 Å². The van der Waals surface area contributed by atoms with Gasteiger partial charge in [0.25, 0.3) is 5.91 Å². The van der Waals surface area contributed by atoms with Gasteiger partial charge in [-0.25, -0.2) is 0 Å². The summed E-state index contributed by atoms with van der Waals surface area (Å²) in [5, 5.41) is 6.98. The van der Waals surface area contributed by atoms with Crippen LogP contribution in [0.1, 0.15) is 23.3 Å². The number of amides is 2. The number of anilines is 1. The number of pyridine rings is 1. The van der Waals surface area contributed by atoms with Gasteiger partial charge in [-0.15, -0.1) is 0 Å². The molecule has 2 amide bonds. The summed E-state index contributed by atoms with van der Waals surface area (Å²) in [7, 11) is 0. The quantitative estimate of drug-likeness (QED) is 0.823. The first-order valence-electron chi connectivity index (χ1n) is 9.61. The molecule has 142 valence electrons. The lowest BCUT2D eigenvalue weighted by Crippen LogP contribution is -2.57. The summed E-state index contributed by atoms with van der Waals surface area (Å²) in [6.07, 6.45) is 3.94. The van der Waals surface area contributed by atoms with Gasteiger partial charge in [-0.05, 0) is 31.8 Å². The van der Waals surface area contributed by atoms with Gasteiger partial charge in [0.1, 0.15) is 11.3 Å². The molecule has 4 fully saturated rings. The summed E-state index contributed by atoms with van der Waals surface area (Å²) >= 11 is 0. The number of piperidine rings is 3. The third-order valence-corrected chi connectivity index (χ3v) is 5.95. The summed E-state index contributed by atoms with van der Waals surface area (Å²) in [4.78, 5) is 33.1. The van der Waals surface area contributed by atoms with Crippen molar-refractivity contribution in [3.05, 3.63) is 24.0 Å². The predicted octanol–water partition coefficient (Wildman–Crippen LogP) is 0.588. The van der Waals surface area contributed by atoms with Crippen LogP contribution >= 0.6 is 0 Å². The summed E-state index contributed by atoms with van der Waals surface area (Å²) < 4.78 is 5.86. The van der Waals surface area contributed by atoms with Crippen molar-refractivity contribution in [1.82, 2.24) is 20.5 Å². The van der Waals surface area contributed by atoms with Gasteiger partial charge in [0.05, 0.1) is 6.54 Å². The monoisotopic (exact) mass is 369 g/mol. The molecule has 2 aromatic heterocycles. The number of hydrogen-bond donors (Lipinski definition) is 2. The molecule has 0 radical (unpaired) electrons. The van der Waals surface area contributed by atoms with Gasteiger partial charge in [-0.3, -0.25) is 19.5 Å². The largest absolute Gasteiger partial charge is 0.440 e. The highest BCUT2D eigenvalue weighted by Crippen LogP contribution is 2.29. The molecule has 4 saturated heterocycles. The van der Waals surface area contributed by atoms with Crippen LogP contribution in [-0.4, -0.2) is 67.0 Å². The Kier molecular flexibility index (Phi) is 4.09. The van der Waals surface area contributed by atoms with E-state index in [1.54, 1.807) is 23.2 Å². The second-order valence-electron chi connectivity index (χ2n) is 7.63. The number of aromatic nitrogens is 1. The van der Waals surface area contributed by atoms with E-state index in [0.29, 0.717) is 36.2 Å². The van der Waals surface area contributed by atoms with E-state index in [1.165, 1.54) is 0 Å². The lowest BCUT2D eigenvalue weighted by molar-refractivity contribution is -0.118. The zero-order valence-corrected chi connectivity index (χ0v) is 15.1. The number of furan rings is 1. The topological polar surface area (TPSA) is 90.7 Å². The molecular formula is C19H23N5O3. The highest BCUT2D eigenvalue weighted by molar-refractivity contribution is 5.98. The van der Waals surface area contributed by atoms with Crippen LogP contribution in [0.3, 0.4) is 0 Å². The standard InChI is InChI=1S/C19H23N5O3/c25-17-10-20-3-6-24(17)18-7-13-9-21-14(8-16(13)27-18)19(26)22-15-11-23-4-1-12(15)2-5-23/h7-9,12,15,20H,1-6,10-11H2,(H,22,26). The van der Waals surface area contributed by atoms with E-state index in [1.807, 2.05) is 0 Å². The molecule has 0 aromatic carbocycles. The second-order valence-corrected chi connectivity index (χ2v) is 7.63. The maximum absolute atomic E-state index is 12.7. The number of nitrogens with one attached hydrogen (secondary N) is 2. The van der Waals surface area contributed by atoms with E-state index >= 15 is 0 Å². The summed E-state index contributed by atoms with van der Waals surface area (Å²) in [5.41, 5.74) is 0.928. The van der Waals surface area contributed by atoms with Gasteiger partial charge < -0.3 is 20.0 Å². The van der Waals surface area contributed by atoms with Crippen molar-refractivity contribution in [2.24, 2.45) is 5.92 Å². The van der Waals surface area contributed by atoms with Crippen molar-refractivity contribution < 1.29 is 14.0 Å². The first kappa shape index (κ1) is 16.7. The smallest absolute Gasteiger partial charge is 0.270 e. The van der Waals surface area contributed by atoms with Crippen LogP contribution in [0.2, 0.25) is 0 Å². The average Bonchev–Trinajstić information content (AvgIpc) is 3.12.